The predicted octanol–water partition coefficient (Wildman–Crippen LogP) is 1.51. The van der Waals surface area contributed by atoms with Crippen molar-refractivity contribution in [3.63, 3.8) is 0 Å². The van der Waals surface area contributed by atoms with E-state index in [4.69, 9.17) is 5.73 Å². The van der Waals surface area contributed by atoms with E-state index in [1.54, 1.807) is 12.4 Å². The summed E-state index contributed by atoms with van der Waals surface area (Å²) in [6.07, 6.45) is 7.91. The van der Waals surface area contributed by atoms with Gasteiger partial charge in [0, 0.05) is 18.0 Å². The second-order valence-electron chi connectivity index (χ2n) is 3.47. The lowest BCUT2D eigenvalue weighted by Crippen LogP contribution is -2.04. The molecule has 2 rings (SSSR count). The molecule has 0 saturated carbocycles. The van der Waals surface area contributed by atoms with Gasteiger partial charge >= 0.3 is 0 Å². The number of nitrogen functional groups attached to an aromatic ring is 1. The highest BCUT2D eigenvalue weighted by Gasteiger charge is 2.11. The number of allylic oxidation sites excluding steroid dienone is 1. The molecular weight excluding hydrogens is 176 g/mol. The molecule has 0 bridgehead atoms. The van der Waals surface area contributed by atoms with Crippen LogP contribution in [-0.2, 0) is 0 Å². The number of rotatable bonds is 1. The number of nitrogens with two attached hydrogens (primary N) is 1. The number of nitrogens with zero attached hydrogens (tertiary/aromatic N) is 3. The lowest BCUT2D eigenvalue weighted by molar-refractivity contribution is 0.801. The number of anilines is 1. The van der Waals surface area contributed by atoms with Gasteiger partial charge in [-0.25, -0.2) is 9.97 Å². The quantitative estimate of drug-likeness (QED) is 0.726. The van der Waals surface area contributed by atoms with Crippen molar-refractivity contribution in [3.05, 3.63) is 24.4 Å². The van der Waals surface area contributed by atoms with E-state index in [-0.39, 0.29) is 0 Å². The van der Waals surface area contributed by atoms with Crippen LogP contribution in [0.15, 0.2) is 23.6 Å². The van der Waals surface area contributed by atoms with Crippen molar-refractivity contribution in [2.45, 2.75) is 13.3 Å². The Morgan fingerprint density at radius 2 is 2.07 bits per heavy atom. The summed E-state index contributed by atoms with van der Waals surface area (Å²) in [7, 11) is 0. The van der Waals surface area contributed by atoms with Crippen molar-refractivity contribution >= 4 is 17.5 Å². The Labute approximate surface area is 82.6 Å². The fourth-order valence-corrected chi connectivity index (χ4v) is 1.39. The van der Waals surface area contributed by atoms with Crippen molar-refractivity contribution < 1.29 is 0 Å². The Kier molecular flexibility index (Phi) is 2.26. The summed E-state index contributed by atoms with van der Waals surface area (Å²) in [6, 6.07) is 0. The average molecular weight is 188 g/mol. The predicted molar refractivity (Wildman–Crippen MR) is 56.7 cm³/mol. The highest BCUT2D eigenvalue weighted by molar-refractivity contribution is 5.72. The molecule has 0 saturated heterocycles. The van der Waals surface area contributed by atoms with Crippen molar-refractivity contribution in [2.24, 2.45) is 10.9 Å². The molecule has 1 aromatic heterocycles. The Hall–Kier alpha value is -1.71. The first-order chi connectivity index (χ1) is 6.75. The van der Waals surface area contributed by atoms with Crippen LogP contribution in [0.5, 0.6) is 0 Å². The second kappa shape index (κ2) is 3.57. The van der Waals surface area contributed by atoms with Crippen molar-refractivity contribution in [2.75, 3.05) is 5.73 Å². The van der Waals surface area contributed by atoms with Crippen LogP contribution in [0.4, 0.5) is 5.69 Å². The molecule has 4 nitrogen and oxygen atoms in total. The zero-order valence-electron chi connectivity index (χ0n) is 8.01. The third kappa shape index (κ3) is 1.79. The molecule has 1 aromatic rings. The molecule has 0 amide bonds. The summed E-state index contributed by atoms with van der Waals surface area (Å²) in [4.78, 5) is 12.5. The number of aromatic nitrogens is 2. The van der Waals surface area contributed by atoms with Crippen molar-refractivity contribution in [3.8, 4) is 0 Å². The molecule has 0 fully saturated rings. The molecule has 14 heavy (non-hydrogen) atoms. The number of aliphatic imine (C=N–C) groups is 1. The second-order valence-corrected chi connectivity index (χ2v) is 3.47. The highest BCUT2D eigenvalue weighted by atomic mass is 14.9. The molecule has 72 valence electrons. The molecule has 1 aliphatic rings. The SMILES string of the molecule is CC1C=NC=C(c2ncc(N)cn2)C1. The van der Waals surface area contributed by atoms with Gasteiger partial charge in [-0.1, -0.05) is 6.92 Å². The van der Waals surface area contributed by atoms with Crippen LogP contribution in [0.2, 0.25) is 0 Å². The van der Waals surface area contributed by atoms with Gasteiger partial charge in [0.05, 0.1) is 18.1 Å². The zero-order chi connectivity index (χ0) is 9.97. The third-order valence-electron chi connectivity index (χ3n) is 2.07. The van der Waals surface area contributed by atoms with Crippen LogP contribution in [0.1, 0.15) is 19.2 Å². The number of hydrogen-bond acceptors (Lipinski definition) is 4. The summed E-state index contributed by atoms with van der Waals surface area (Å²) in [5.74, 6) is 1.18. The first-order valence-electron chi connectivity index (χ1n) is 4.56. The van der Waals surface area contributed by atoms with E-state index in [1.165, 1.54) is 0 Å². The smallest absolute Gasteiger partial charge is 0.156 e. The summed E-state index contributed by atoms with van der Waals surface area (Å²) in [5, 5.41) is 0. The maximum atomic E-state index is 5.51. The largest absolute Gasteiger partial charge is 0.396 e. The van der Waals surface area contributed by atoms with E-state index >= 15 is 0 Å². The highest BCUT2D eigenvalue weighted by Crippen LogP contribution is 2.21. The molecule has 2 N–H and O–H groups in total. The van der Waals surface area contributed by atoms with Gasteiger partial charge in [0.1, 0.15) is 0 Å². The molecule has 0 aliphatic carbocycles. The van der Waals surface area contributed by atoms with Gasteiger partial charge < -0.3 is 5.73 Å². The Morgan fingerprint density at radius 1 is 1.36 bits per heavy atom. The van der Waals surface area contributed by atoms with Gasteiger partial charge in [-0.15, -0.1) is 0 Å². The first kappa shape index (κ1) is 8.87. The van der Waals surface area contributed by atoms with Gasteiger partial charge in [-0.05, 0) is 12.3 Å². The van der Waals surface area contributed by atoms with Crippen LogP contribution < -0.4 is 5.73 Å². The number of hydrogen-bond donors (Lipinski definition) is 1. The van der Waals surface area contributed by atoms with E-state index in [9.17, 15) is 0 Å². The molecular formula is C10H12N4. The minimum atomic E-state index is 0.455. The molecule has 1 unspecified atom stereocenters. The van der Waals surface area contributed by atoms with Gasteiger partial charge in [-0.2, -0.15) is 0 Å². The summed E-state index contributed by atoms with van der Waals surface area (Å²) in [5.41, 5.74) is 7.16. The molecule has 1 atom stereocenters. The fraction of sp³-hybridized carbons (Fsp3) is 0.300. The molecule has 0 spiro atoms. The van der Waals surface area contributed by atoms with Crippen LogP contribution in [0.25, 0.3) is 5.57 Å². The molecule has 2 heterocycles. The average Bonchev–Trinajstić information content (AvgIpc) is 2.19. The van der Waals surface area contributed by atoms with Crippen LogP contribution in [0.3, 0.4) is 0 Å². The fourth-order valence-electron chi connectivity index (χ4n) is 1.39. The van der Waals surface area contributed by atoms with E-state index in [1.807, 2.05) is 12.4 Å². The summed E-state index contributed by atoms with van der Waals surface area (Å²) < 4.78 is 0. The lowest BCUT2D eigenvalue weighted by Gasteiger charge is -2.11. The molecule has 1 aliphatic heterocycles. The summed E-state index contributed by atoms with van der Waals surface area (Å²) >= 11 is 0. The Balaban J connectivity index is 2.27. The van der Waals surface area contributed by atoms with Crippen molar-refractivity contribution in [1.82, 2.24) is 9.97 Å². The van der Waals surface area contributed by atoms with E-state index in [0.717, 1.165) is 17.8 Å². The molecule has 4 heteroatoms. The van der Waals surface area contributed by atoms with Gasteiger partial charge in [0.25, 0.3) is 0 Å². The van der Waals surface area contributed by atoms with Crippen molar-refractivity contribution in [1.29, 1.82) is 0 Å². The Morgan fingerprint density at radius 3 is 2.71 bits per heavy atom. The minimum absolute atomic E-state index is 0.455. The summed E-state index contributed by atoms with van der Waals surface area (Å²) in [6.45, 7) is 2.12. The lowest BCUT2D eigenvalue weighted by atomic mass is 10.0. The Bertz CT molecular complexity index is 378. The topological polar surface area (TPSA) is 64.2 Å². The maximum absolute atomic E-state index is 5.51. The van der Waals surface area contributed by atoms with Crippen LogP contribution in [-0.4, -0.2) is 16.2 Å². The third-order valence-corrected chi connectivity index (χ3v) is 2.07. The zero-order valence-corrected chi connectivity index (χ0v) is 8.01. The van der Waals surface area contributed by atoms with E-state index < -0.39 is 0 Å². The van der Waals surface area contributed by atoms with Crippen LogP contribution >= 0.6 is 0 Å². The minimum Gasteiger partial charge on any atom is -0.396 e. The monoisotopic (exact) mass is 188 g/mol. The van der Waals surface area contributed by atoms with E-state index in [2.05, 4.69) is 21.9 Å². The van der Waals surface area contributed by atoms with Gasteiger partial charge in [-0.3, -0.25) is 4.99 Å². The standard InChI is InChI=1S/C10H12N4/c1-7-2-8(4-12-3-7)10-13-5-9(11)6-14-10/h3-7H,2,11H2,1H3. The van der Waals surface area contributed by atoms with Crippen LogP contribution in [0, 0.1) is 5.92 Å². The van der Waals surface area contributed by atoms with Gasteiger partial charge in [0.2, 0.25) is 0 Å². The maximum Gasteiger partial charge on any atom is 0.156 e. The normalized spacial score (nSPS) is 20.6. The molecule has 0 radical (unpaired) electrons. The van der Waals surface area contributed by atoms with E-state index in [0.29, 0.717) is 11.6 Å². The van der Waals surface area contributed by atoms with Gasteiger partial charge in [0.15, 0.2) is 5.82 Å². The first-order valence-corrected chi connectivity index (χ1v) is 4.56. The molecule has 0 aromatic carbocycles.